The Morgan fingerprint density at radius 1 is 1.30 bits per heavy atom. The number of rotatable bonds is 4. The van der Waals surface area contributed by atoms with Gasteiger partial charge in [-0.15, -0.1) is 0 Å². The topological polar surface area (TPSA) is 83.0 Å². The lowest BCUT2D eigenvalue weighted by molar-refractivity contribution is 0.362. The van der Waals surface area contributed by atoms with Crippen molar-refractivity contribution in [1.82, 2.24) is 19.9 Å². The van der Waals surface area contributed by atoms with Gasteiger partial charge in [-0.2, -0.15) is 10.1 Å². The Morgan fingerprint density at radius 3 is 2.91 bits per heavy atom. The molecule has 0 fully saturated rings. The molecule has 0 atom stereocenters. The molecule has 0 radical (unpaired) electrons. The fourth-order valence-corrected chi connectivity index (χ4v) is 2.11. The van der Waals surface area contributed by atoms with Crippen molar-refractivity contribution in [3.8, 4) is 17.1 Å². The first-order valence-electron chi connectivity index (χ1n) is 7.09. The van der Waals surface area contributed by atoms with Gasteiger partial charge in [-0.3, -0.25) is 4.79 Å². The summed E-state index contributed by atoms with van der Waals surface area (Å²) in [4.78, 5) is 16.5. The van der Waals surface area contributed by atoms with E-state index in [1.165, 1.54) is 4.68 Å². The van der Waals surface area contributed by atoms with Crippen molar-refractivity contribution < 1.29 is 9.26 Å². The fourth-order valence-electron chi connectivity index (χ4n) is 2.11. The lowest BCUT2D eigenvalue weighted by Gasteiger charge is -2.03. The zero-order chi connectivity index (χ0) is 16.4. The molecule has 2 heterocycles. The molecule has 23 heavy (non-hydrogen) atoms. The van der Waals surface area contributed by atoms with E-state index in [1.54, 1.807) is 20.2 Å². The largest absolute Gasteiger partial charge is 0.497 e. The Kier molecular flexibility index (Phi) is 3.92. The lowest BCUT2D eigenvalue weighted by atomic mass is 10.2. The Morgan fingerprint density at radius 2 is 2.13 bits per heavy atom. The van der Waals surface area contributed by atoms with E-state index in [2.05, 4.69) is 15.2 Å². The molecule has 7 heteroatoms. The number of hydrogen-bond donors (Lipinski definition) is 0. The van der Waals surface area contributed by atoms with Crippen molar-refractivity contribution in [3.05, 3.63) is 57.8 Å². The third-order valence-electron chi connectivity index (χ3n) is 3.62. The van der Waals surface area contributed by atoms with Crippen molar-refractivity contribution >= 4 is 0 Å². The summed E-state index contributed by atoms with van der Waals surface area (Å²) < 4.78 is 11.7. The molecule has 118 valence electrons. The van der Waals surface area contributed by atoms with E-state index in [1.807, 2.05) is 31.2 Å². The molecular formula is C16H16N4O3. The minimum absolute atomic E-state index is 0.136. The highest BCUT2D eigenvalue weighted by Crippen LogP contribution is 2.21. The predicted octanol–water partition coefficient (Wildman–Crippen LogP) is 1.97. The van der Waals surface area contributed by atoms with Crippen LogP contribution in [0.15, 0.2) is 39.8 Å². The quantitative estimate of drug-likeness (QED) is 0.732. The maximum absolute atomic E-state index is 12.1. The van der Waals surface area contributed by atoms with Crippen LogP contribution >= 0.6 is 0 Å². The zero-order valence-corrected chi connectivity index (χ0v) is 13.1. The molecule has 0 aliphatic rings. The van der Waals surface area contributed by atoms with Gasteiger partial charge in [0.15, 0.2) is 0 Å². The molecular weight excluding hydrogens is 296 g/mol. The summed E-state index contributed by atoms with van der Waals surface area (Å²) in [6, 6.07) is 7.36. The maximum atomic E-state index is 12.1. The van der Waals surface area contributed by atoms with Gasteiger partial charge in [-0.1, -0.05) is 17.3 Å². The second-order valence-corrected chi connectivity index (χ2v) is 5.16. The van der Waals surface area contributed by atoms with Crippen LogP contribution in [0, 0.1) is 13.8 Å². The summed E-state index contributed by atoms with van der Waals surface area (Å²) in [6.45, 7) is 3.75. The number of methoxy groups -OCH3 is 1. The van der Waals surface area contributed by atoms with Crippen LogP contribution in [0.4, 0.5) is 0 Å². The van der Waals surface area contributed by atoms with Crippen LogP contribution in [0.2, 0.25) is 0 Å². The normalized spacial score (nSPS) is 10.7. The van der Waals surface area contributed by atoms with Crippen LogP contribution in [-0.2, 0) is 6.54 Å². The van der Waals surface area contributed by atoms with Gasteiger partial charge in [0.25, 0.3) is 5.56 Å². The summed E-state index contributed by atoms with van der Waals surface area (Å²) >= 11 is 0. The molecule has 0 unspecified atom stereocenters. The molecule has 2 aromatic heterocycles. The van der Waals surface area contributed by atoms with Crippen LogP contribution in [0.1, 0.15) is 17.0 Å². The van der Waals surface area contributed by atoms with Crippen molar-refractivity contribution in [1.29, 1.82) is 0 Å². The van der Waals surface area contributed by atoms with E-state index < -0.39 is 0 Å². The SMILES string of the molecule is COc1cccc(-c2noc(Cn3ncc(C)c(C)c3=O)n2)c1. The van der Waals surface area contributed by atoms with E-state index in [-0.39, 0.29) is 12.1 Å². The average molecular weight is 312 g/mol. The smallest absolute Gasteiger partial charge is 0.270 e. The zero-order valence-electron chi connectivity index (χ0n) is 13.1. The Labute approximate surface area is 132 Å². The van der Waals surface area contributed by atoms with Gasteiger partial charge >= 0.3 is 0 Å². The molecule has 0 amide bonds. The molecule has 3 aromatic rings. The van der Waals surface area contributed by atoms with Crippen molar-refractivity contribution in [2.24, 2.45) is 0 Å². The molecule has 0 saturated carbocycles. The standard InChI is InChI=1S/C16H16N4O3/c1-10-8-17-20(16(21)11(10)2)9-14-18-15(19-23-14)12-5-4-6-13(7-12)22-3/h4-8H,9H2,1-3H3. The van der Waals surface area contributed by atoms with Crippen molar-refractivity contribution in [3.63, 3.8) is 0 Å². The number of nitrogens with zero attached hydrogens (tertiary/aromatic N) is 4. The van der Waals surface area contributed by atoms with E-state index >= 15 is 0 Å². The van der Waals surface area contributed by atoms with Crippen molar-refractivity contribution in [2.75, 3.05) is 7.11 Å². The first kappa shape index (κ1) is 15.0. The first-order chi connectivity index (χ1) is 11.1. The number of benzene rings is 1. The Hall–Kier alpha value is -2.96. The molecule has 0 N–H and O–H groups in total. The molecule has 0 aliphatic carbocycles. The van der Waals surface area contributed by atoms with Gasteiger partial charge in [0.2, 0.25) is 11.7 Å². The van der Waals surface area contributed by atoms with Gasteiger partial charge in [0.05, 0.1) is 13.3 Å². The Balaban J connectivity index is 1.88. The summed E-state index contributed by atoms with van der Waals surface area (Å²) in [7, 11) is 1.60. The minimum atomic E-state index is -0.161. The van der Waals surface area contributed by atoms with Crippen LogP contribution in [0.3, 0.4) is 0 Å². The second-order valence-electron chi connectivity index (χ2n) is 5.16. The molecule has 0 aliphatic heterocycles. The van der Waals surface area contributed by atoms with Crippen LogP contribution < -0.4 is 10.3 Å². The van der Waals surface area contributed by atoms with E-state index in [9.17, 15) is 4.79 Å². The number of hydrogen-bond acceptors (Lipinski definition) is 6. The summed E-state index contributed by atoms with van der Waals surface area (Å²) in [5.41, 5.74) is 2.13. The van der Waals surface area contributed by atoms with Crippen LogP contribution in [0.25, 0.3) is 11.4 Å². The second kappa shape index (κ2) is 6.04. The average Bonchev–Trinajstić information content (AvgIpc) is 3.04. The number of aromatic nitrogens is 4. The molecule has 0 spiro atoms. The molecule has 7 nitrogen and oxygen atoms in total. The summed E-state index contributed by atoms with van der Waals surface area (Å²) in [5, 5.41) is 8.04. The lowest BCUT2D eigenvalue weighted by Crippen LogP contribution is -2.26. The molecule has 1 aromatic carbocycles. The number of ether oxygens (including phenoxy) is 1. The minimum Gasteiger partial charge on any atom is -0.497 e. The van der Waals surface area contributed by atoms with Gasteiger partial charge in [0.1, 0.15) is 12.3 Å². The van der Waals surface area contributed by atoms with Crippen molar-refractivity contribution in [2.45, 2.75) is 20.4 Å². The van der Waals surface area contributed by atoms with Gasteiger partial charge in [-0.25, -0.2) is 4.68 Å². The highest BCUT2D eigenvalue weighted by Gasteiger charge is 2.12. The predicted molar refractivity (Wildman–Crippen MR) is 83.4 cm³/mol. The monoisotopic (exact) mass is 312 g/mol. The Bertz CT molecular complexity index is 898. The van der Waals surface area contributed by atoms with Crippen LogP contribution in [-0.4, -0.2) is 27.0 Å². The maximum Gasteiger partial charge on any atom is 0.270 e. The number of aryl methyl sites for hydroxylation is 1. The third-order valence-corrected chi connectivity index (χ3v) is 3.62. The summed E-state index contributed by atoms with van der Waals surface area (Å²) in [6.07, 6.45) is 1.65. The summed E-state index contributed by atoms with van der Waals surface area (Å²) in [5.74, 6) is 1.47. The van der Waals surface area contributed by atoms with E-state index in [4.69, 9.17) is 9.26 Å². The fraction of sp³-hybridized carbons (Fsp3) is 0.250. The van der Waals surface area contributed by atoms with E-state index in [0.717, 1.165) is 11.1 Å². The highest BCUT2D eigenvalue weighted by atomic mass is 16.5. The van der Waals surface area contributed by atoms with E-state index in [0.29, 0.717) is 23.0 Å². The van der Waals surface area contributed by atoms with Gasteiger partial charge in [0, 0.05) is 11.1 Å². The first-order valence-corrected chi connectivity index (χ1v) is 7.09. The van der Waals surface area contributed by atoms with Gasteiger partial charge < -0.3 is 9.26 Å². The molecule has 0 bridgehead atoms. The molecule has 0 saturated heterocycles. The molecule has 3 rings (SSSR count). The third kappa shape index (κ3) is 2.98. The van der Waals surface area contributed by atoms with Crippen LogP contribution in [0.5, 0.6) is 5.75 Å². The van der Waals surface area contributed by atoms with Gasteiger partial charge in [-0.05, 0) is 31.5 Å². The highest BCUT2D eigenvalue weighted by molar-refractivity contribution is 5.56.